The van der Waals surface area contributed by atoms with E-state index in [0.717, 1.165) is 46.9 Å². The molecule has 194 valence electrons. The van der Waals surface area contributed by atoms with Crippen LogP contribution in [0.1, 0.15) is 58.2 Å². The second-order valence-electron chi connectivity index (χ2n) is 10.3. The van der Waals surface area contributed by atoms with Crippen LogP contribution in [0.5, 0.6) is 23.0 Å². The van der Waals surface area contributed by atoms with Crippen LogP contribution in [0.15, 0.2) is 30.3 Å². The predicted octanol–water partition coefficient (Wildman–Crippen LogP) is 6.56. The zero-order chi connectivity index (χ0) is 26.5. The zero-order valence-electron chi connectivity index (χ0n) is 23.3. The molecule has 6 heteroatoms. The molecule has 0 saturated heterocycles. The van der Waals surface area contributed by atoms with Crippen LogP contribution in [0, 0.1) is 18.0 Å². The zero-order valence-corrected chi connectivity index (χ0v) is 24.3. The van der Waals surface area contributed by atoms with Gasteiger partial charge in [-0.25, -0.2) is 0 Å². The number of ether oxygens (including phenoxy) is 4. The first-order valence-electron chi connectivity index (χ1n) is 12.8. The van der Waals surface area contributed by atoms with Gasteiger partial charge in [-0.05, 0) is 53.9 Å². The van der Waals surface area contributed by atoms with Crippen LogP contribution in [0.3, 0.4) is 0 Å². The van der Waals surface area contributed by atoms with Gasteiger partial charge in [0.25, 0.3) is 0 Å². The molecule has 0 aromatic heterocycles. The van der Waals surface area contributed by atoms with Gasteiger partial charge < -0.3 is 18.9 Å². The van der Waals surface area contributed by atoms with E-state index in [1.54, 1.807) is 14.2 Å². The van der Waals surface area contributed by atoms with E-state index in [0.29, 0.717) is 22.4 Å². The molecule has 0 spiro atoms. The molecule has 0 amide bonds. The molecule has 36 heavy (non-hydrogen) atoms. The standard InChI is InChI=1S/C30H41NO4Si/c1-21(2)36(22(3)4,23(5)6)16-14-25-18-29(33-9)28(32-8)17-24(25)13-15-31(7)19-26-11-10-12-27-30(26)35-20-34-27/h10-12,17-18,21-23H,13,15,20H2,1-9H3. The Morgan fingerprint density at radius 2 is 1.56 bits per heavy atom. The lowest BCUT2D eigenvalue weighted by Gasteiger charge is -2.38. The summed E-state index contributed by atoms with van der Waals surface area (Å²) in [4.78, 5) is 2.06. The van der Waals surface area contributed by atoms with E-state index in [-0.39, 0.29) is 6.79 Å². The summed E-state index contributed by atoms with van der Waals surface area (Å²) in [7, 11) is 3.50. The van der Waals surface area contributed by atoms with Crippen molar-refractivity contribution in [3.05, 3.63) is 53.6 Å². The van der Waals surface area contributed by atoms with E-state index >= 15 is 0 Å². The van der Waals surface area contributed by atoms with Gasteiger partial charge in [0.05, 0.1) is 14.2 Å². The molecule has 2 radical (unpaired) electrons. The van der Waals surface area contributed by atoms with Gasteiger partial charge in [0, 0.05) is 17.7 Å². The average molecular weight is 508 g/mol. The minimum Gasteiger partial charge on any atom is -0.493 e. The van der Waals surface area contributed by atoms with Crippen LogP contribution in [-0.4, -0.2) is 47.6 Å². The molecular formula is C30H41NO4Si. The third kappa shape index (κ3) is 5.85. The summed E-state index contributed by atoms with van der Waals surface area (Å²) in [6.45, 7) is 18.5. The quantitative estimate of drug-likeness (QED) is 0.207. The maximum Gasteiger partial charge on any atom is 0.231 e. The van der Waals surface area contributed by atoms with E-state index in [9.17, 15) is 0 Å². The summed E-state index contributed by atoms with van der Waals surface area (Å²) in [6.07, 6.45) is 0.792. The topological polar surface area (TPSA) is 40.2 Å². The van der Waals surface area contributed by atoms with Gasteiger partial charge in [0.1, 0.15) is 14.6 Å². The van der Waals surface area contributed by atoms with Gasteiger partial charge in [-0.1, -0.05) is 59.6 Å². The van der Waals surface area contributed by atoms with Crippen molar-refractivity contribution < 1.29 is 18.9 Å². The van der Waals surface area contributed by atoms with Gasteiger partial charge in [-0.15, -0.1) is 5.54 Å². The Labute approximate surface area is 219 Å². The molecule has 0 unspecified atom stereocenters. The van der Waals surface area contributed by atoms with Crippen molar-refractivity contribution in [2.45, 2.75) is 64.6 Å². The van der Waals surface area contributed by atoms with Crippen LogP contribution in [0.2, 0.25) is 16.6 Å². The van der Waals surface area contributed by atoms with Crippen molar-refractivity contribution in [2.75, 3.05) is 34.6 Å². The summed E-state index contributed by atoms with van der Waals surface area (Å²) in [5.41, 5.74) is 8.63. The maximum absolute atomic E-state index is 5.63. The van der Waals surface area contributed by atoms with E-state index in [1.807, 2.05) is 31.3 Å². The minimum absolute atomic E-state index is 0.249. The molecule has 0 bridgehead atoms. The number of hydrogen-bond acceptors (Lipinski definition) is 5. The molecule has 0 saturated carbocycles. The van der Waals surface area contributed by atoms with Gasteiger partial charge >= 0.3 is 0 Å². The predicted molar refractivity (Wildman–Crippen MR) is 149 cm³/mol. The number of methoxy groups -OCH3 is 2. The van der Waals surface area contributed by atoms with Crippen molar-refractivity contribution in [2.24, 2.45) is 0 Å². The molecular weight excluding hydrogens is 466 g/mol. The Kier molecular flexibility index (Phi) is 9.38. The average Bonchev–Trinajstić information content (AvgIpc) is 3.32. The molecule has 2 aromatic carbocycles. The van der Waals surface area contributed by atoms with Gasteiger partial charge in [-0.2, -0.15) is 0 Å². The number of nitrogens with zero attached hydrogens (tertiary/aromatic N) is 1. The van der Waals surface area contributed by atoms with E-state index in [4.69, 9.17) is 18.9 Å². The molecule has 1 heterocycles. The van der Waals surface area contributed by atoms with E-state index < -0.39 is 8.07 Å². The molecule has 1 aliphatic heterocycles. The Hall–Kier alpha value is -2.62. The molecule has 0 N–H and O–H groups in total. The third-order valence-electron chi connectivity index (χ3n) is 7.31. The second-order valence-corrected chi connectivity index (χ2v) is 15.9. The van der Waals surface area contributed by atoms with Crippen LogP contribution >= 0.6 is 0 Å². The first-order chi connectivity index (χ1) is 17.1. The largest absolute Gasteiger partial charge is 0.493 e. The van der Waals surface area contributed by atoms with Crippen molar-refractivity contribution in [3.8, 4) is 34.5 Å². The normalized spacial score (nSPS) is 12.9. The van der Waals surface area contributed by atoms with Gasteiger partial charge in [0.2, 0.25) is 6.79 Å². The Morgan fingerprint density at radius 1 is 0.917 bits per heavy atom. The first-order valence-corrected chi connectivity index (χ1v) is 15.0. The summed E-state index contributed by atoms with van der Waals surface area (Å²) in [6, 6.07) is 9.96. The Bertz CT molecular complexity index is 1080. The van der Waals surface area contributed by atoms with Crippen molar-refractivity contribution >= 4 is 8.07 Å². The number of rotatable bonds is 10. The fourth-order valence-electron chi connectivity index (χ4n) is 5.42. The van der Waals surface area contributed by atoms with E-state index in [1.165, 1.54) is 0 Å². The van der Waals surface area contributed by atoms with Gasteiger partial charge in [-0.3, -0.25) is 4.90 Å². The minimum atomic E-state index is -1.87. The summed E-state index contributed by atoms with van der Waals surface area (Å²) < 4.78 is 22.4. The molecule has 0 fully saturated rings. The molecule has 0 atom stereocenters. The molecule has 2 aromatic rings. The number of fused-ring (bicyclic) bond motifs is 1. The highest BCUT2D eigenvalue weighted by molar-refractivity contribution is 6.90. The number of benzene rings is 2. The van der Waals surface area contributed by atoms with Crippen LogP contribution < -0.4 is 18.9 Å². The first kappa shape index (κ1) is 28.0. The monoisotopic (exact) mass is 507 g/mol. The molecule has 5 nitrogen and oxygen atoms in total. The highest BCUT2D eigenvalue weighted by Crippen LogP contribution is 2.41. The van der Waals surface area contributed by atoms with Crippen LogP contribution in [0.4, 0.5) is 0 Å². The summed E-state index contributed by atoms with van der Waals surface area (Å²) in [5, 5.41) is 0. The molecule has 3 rings (SSSR count). The van der Waals surface area contributed by atoms with E-state index in [2.05, 4.69) is 70.5 Å². The van der Waals surface area contributed by atoms with Gasteiger partial charge in [0.15, 0.2) is 23.0 Å². The Balaban J connectivity index is 1.90. The lowest BCUT2D eigenvalue weighted by atomic mass is 10.0. The van der Waals surface area contributed by atoms with Crippen molar-refractivity contribution in [1.29, 1.82) is 0 Å². The summed E-state index contributed by atoms with van der Waals surface area (Å²) >= 11 is 0. The number of hydrogen-bond donors (Lipinski definition) is 0. The number of likely N-dealkylation sites (N-methyl/N-ethyl adjacent to an activating group) is 1. The third-order valence-corrected chi connectivity index (χ3v) is 13.6. The fourth-order valence-corrected chi connectivity index (χ4v) is 10.6. The van der Waals surface area contributed by atoms with Crippen LogP contribution in [0.25, 0.3) is 0 Å². The lowest BCUT2D eigenvalue weighted by molar-refractivity contribution is 0.173. The summed E-state index contributed by atoms with van der Waals surface area (Å²) in [5.74, 6) is 6.58. The number of para-hydroxylation sites is 1. The highest BCUT2D eigenvalue weighted by atomic mass is 28.3. The van der Waals surface area contributed by atoms with Crippen molar-refractivity contribution in [3.63, 3.8) is 0 Å². The SMILES string of the molecule is COc1cc(C#C[Si](C(C)C)(C(C)C)C(C)C)c(CCN(C)[C]c2cccc3c2OCO3)cc1OC. The van der Waals surface area contributed by atoms with Crippen molar-refractivity contribution in [1.82, 2.24) is 4.90 Å². The second kappa shape index (κ2) is 12.1. The molecule has 1 aliphatic rings. The van der Waals surface area contributed by atoms with Crippen LogP contribution in [-0.2, 0) is 6.42 Å². The molecule has 0 aliphatic carbocycles. The fraction of sp³-hybridized carbons (Fsp3) is 0.500. The Morgan fingerprint density at radius 3 is 2.17 bits per heavy atom. The maximum atomic E-state index is 5.63. The highest BCUT2D eigenvalue weighted by Gasteiger charge is 2.41. The lowest BCUT2D eigenvalue weighted by Crippen LogP contribution is -2.43. The smallest absolute Gasteiger partial charge is 0.231 e.